The van der Waals surface area contributed by atoms with E-state index in [1.54, 1.807) is 18.2 Å². The van der Waals surface area contributed by atoms with Gasteiger partial charge in [0.15, 0.2) is 0 Å². The van der Waals surface area contributed by atoms with Gasteiger partial charge in [-0.2, -0.15) is 0 Å². The molecular weight excluding hydrogens is 385 g/mol. The Bertz CT molecular complexity index is 798. The summed E-state index contributed by atoms with van der Waals surface area (Å²) < 4.78 is 0. The lowest BCUT2D eigenvalue weighted by Gasteiger charge is -2.15. The molecule has 0 atom stereocenters. The number of hydrogen-bond acceptors (Lipinski definition) is 3. The van der Waals surface area contributed by atoms with Crippen molar-refractivity contribution in [3.8, 4) is 0 Å². The van der Waals surface area contributed by atoms with Crippen LogP contribution in [0.15, 0.2) is 42.5 Å². The number of nitrogens with zero attached hydrogens (tertiary/aromatic N) is 1. The maximum Gasteiger partial charge on any atom is 0.253 e. The van der Waals surface area contributed by atoms with Crippen molar-refractivity contribution >= 4 is 40.7 Å². The van der Waals surface area contributed by atoms with Crippen LogP contribution in [0.25, 0.3) is 0 Å². The van der Waals surface area contributed by atoms with E-state index in [9.17, 15) is 9.59 Å². The molecule has 2 aromatic rings. The van der Waals surface area contributed by atoms with Crippen molar-refractivity contribution in [1.29, 1.82) is 0 Å². The second-order valence-corrected chi connectivity index (χ2v) is 7.36. The van der Waals surface area contributed by atoms with E-state index in [1.165, 1.54) is 0 Å². The van der Waals surface area contributed by atoms with E-state index in [-0.39, 0.29) is 18.4 Å². The lowest BCUT2D eigenvalue weighted by atomic mass is 10.1. The number of halogens is 2. The monoisotopic (exact) mass is 405 g/mol. The van der Waals surface area contributed by atoms with Crippen molar-refractivity contribution in [1.82, 2.24) is 10.2 Å². The highest BCUT2D eigenvalue weighted by atomic mass is 35.5. The fourth-order valence-corrected chi connectivity index (χ4v) is 3.50. The Morgan fingerprint density at radius 1 is 0.963 bits per heavy atom. The number of benzene rings is 2. The van der Waals surface area contributed by atoms with Crippen LogP contribution in [0.4, 0.5) is 5.69 Å². The minimum absolute atomic E-state index is 0.0764. The summed E-state index contributed by atoms with van der Waals surface area (Å²) in [6.45, 7) is 2.18. The van der Waals surface area contributed by atoms with Crippen LogP contribution >= 0.6 is 23.2 Å². The van der Waals surface area contributed by atoms with E-state index >= 15 is 0 Å². The molecular formula is C20H21Cl2N3O2. The predicted octanol–water partition coefficient (Wildman–Crippen LogP) is 3.96. The third kappa shape index (κ3) is 5.62. The summed E-state index contributed by atoms with van der Waals surface area (Å²) in [5.74, 6) is -0.0733. The topological polar surface area (TPSA) is 61.4 Å². The quantitative estimate of drug-likeness (QED) is 0.764. The molecule has 0 saturated carbocycles. The number of hydrogen-bond donors (Lipinski definition) is 2. The molecule has 0 bridgehead atoms. The molecule has 1 fully saturated rings. The van der Waals surface area contributed by atoms with Crippen LogP contribution in [0.1, 0.15) is 28.8 Å². The number of rotatable bonds is 6. The fourth-order valence-electron chi connectivity index (χ4n) is 2.97. The van der Waals surface area contributed by atoms with Gasteiger partial charge < -0.3 is 15.5 Å². The summed E-state index contributed by atoms with van der Waals surface area (Å²) in [5.41, 5.74) is 2.31. The molecule has 142 valence electrons. The number of nitrogens with one attached hydrogen (secondary N) is 2. The average Bonchev–Trinajstić information content (AvgIpc) is 3.18. The third-order valence-corrected chi connectivity index (χ3v) is 4.84. The summed E-state index contributed by atoms with van der Waals surface area (Å²) in [7, 11) is 0. The van der Waals surface area contributed by atoms with Crippen molar-refractivity contribution in [2.24, 2.45) is 0 Å². The molecule has 27 heavy (non-hydrogen) atoms. The Morgan fingerprint density at radius 3 is 2.22 bits per heavy atom. The lowest BCUT2D eigenvalue weighted by molar-refractivity contribution is -0.119. The zero-order valence-electron chi connectivity index (χ0n) is 14.8. The minimum Gasteiger partial charge on any atom is -0.376 e. The van der Waals surface area contributed by atoms with Gasteiger partial charge in [-0.25, -0.2) is 0 Å². The Kier molecular flexibility index (Phi) is 6.58. The van der Waals surface area contributed by atoms with Gasteiger partial charge in [0, 0.05) is 40.9 Å². The van der Waals surface area contributed by atoms with Gasteiger partial charge in [-0.05, 0) is 48.7 Å². The molecule has 2 N–H and O–H groups in total. The summed E-state index contributed by atoms with van der Waals surface area (Å²) in [6, 6.07) is 12.4. The standard InChI is InChI=1S/C20H21Cl2N3O2/c21-16-9-17(22)11-18(10-16)23-13-19(26)24-12-14-3-5-15(6-4-14)20(27)25-7-1-2-8-25/h3-6,9-11,23H,1-2,7-8,12-13H2,(H,24,26). The molecule has 0 unspecified atom stereocenters. The van der Waals surface area contributed by atoms with Gasteiger partial charge in [-0.1, -0.05) is 35.3 Å². The van der Waals surface area contributed by atoms with Crippen LogP contribution in [0.5, 0.6) is 0 Å². The van der Waals surface area contributed by atoms with Gasteiger partial charge in [-0.3, -0.25) is 9.59 Å². The van der Waals surface area contributed by atoms with Crippen LogP contribution < -0.4 is 10.6 Å². The first kappa shape index (κ1) is 19.5. The van der Waals surface area contributed by atoms with Crippen molar-refractivity contribution < 1.29 is 9.59 Å². The predicted molar refractivity (Wildman–Crippen MR) is 108 cm³/mol. The molecule has 0 aromatic heterocycles. The number of likely N-dealkylation sites (tertiary alicyclic amines) is 1. The molecule has 7 heteroatoms. The van der Waals surface area contributed by atoms with Crippen molar-refractivity contribution in [2.75, 3.05) is 25.0 Å². The molecule has 2 amide bonds. The van der Waals surface area contributed by atoms with Crippen LogP contribution in [-0.2, 0) is 11.3 Å². The Labute approximate surface area is 168 Å². The minimum atomic E-state index is -0.150. The number of amides is 2. The number of anilines is 1. The molecule has 1 saturated heterocycles. The normalized spacial score (nSPS) is 13.5. The average molecular weight is 406 g/mol. The van der Waals surface area contributed by atoms with Gasteiger partial charge in [0.25, 0.3) is 5.91 Å². The molecule has 3 rings (SSSR count). The molecule has 0 spiro atoms. The Hall–Kier alpha value is -2.24. The second kappa shape index (κ2) is 9.11. The second-order valence-electron chi connectivity index (χ2n) is 6.48. The zero-order valence-corrected chi connectivity index (χ0v) is 16.3. The Balaban J connectivity index is 1.46. The molecule has 1 aliphatic heterocycles. The van der Waals surface area contributed by atoms with Gasteiger partial charge in [-0.15, -0.1) is 0 Å². The van der Waals surface area contributed by atoms with Gasteiger partial charge in [0.1, 0.15) is 0 Å². The van der Waals surface area contributed by atoms with E-state index in [1.807, 2.05) is 29.2 Å². The maximum atomic E-state index is 12.3. The smallest absolute Gasteiger partial charge is 0.253 e. The zero-order chi connectivity index (χ0) is 19.2. The van der Waals surface area contributed by atoms with Gasteiger partial charge in [0.2, 0.25) is 5.91 Å². The largest absolute Gasteiger partial charge is 0.376 e. The molecule has 1 heterocycles. The summed E-state index contributed by atoms with van der Waals surface area (Å²) in [5, 5.41) is 6.84. The van der Waals surface area contributed by atoms with E-state index in [2.05, 4.69) is 10.6 Å². The van der Waals surface area contributed by atoms with Crippen LogP contribution in [0.3, 0.4) is 0 Å². The van der Waals surface area contributed by atoms with Gasteiger partial charge >= 0.3 is 0 Å². The third-order valence-electron chi connectivity index (χ3n) is 4.40. The molecule has 5 nitrogen and oxygen atoms in total. The van der Waals surface area contributed by atoms with E-state index in [4.69, 9.17) is 23.2 Å². The van der Waals surface area contributed by atoms with E-state index < -0.39 is 0 Å². The van der Waals surface area contributed by atoms with Gasteiger partial charge in [0.05, 0.1) is 6.54 Å². The van der Waals surface area contributed by atoms with Crippen molar-refractivity contribution in [2.45, 2.75) is 19.4 Å². The number of carbonyl (C=O) groups excluding carboxylic acids is 2. The molecule has 0 aliphatic carbocycles. The highest BCUT2D eigenvalue weighted by molar-refractivity contribution is 6.35. The highest BCUT2D eigenvalue weighted by Crippen LogP contribution is 2.22. The molecule has 0 radical (unpaired) electrons. The van der Waals surface area contributed by atoms with Crippen LogP contribution in [-0.4, -0.2) is 36.3 Å². The maximum absolute atomic E-state index is 12.3. The SMILES string of the molecule is O=C(CNc1cc(Cl)cc(Cl)c1)NCc1ccc(C(=O)N2CCCC2)cc1. The van der Waals surface area contributed by atoms with Crippen LogP contribution in [0.2, 0.25) is 10.0 Å². The van der Waals surface area contributed by atoms with Crippen molar-refractivity contribution in [3.05, 3.63) is 63.6 Å². The van der Waals surface area contributed by atoms with E-state index in [0.29, 0.717) is 27.8 Å². The molecule has 1 aliphatic rings. The lowest BCUT2D eigenvalue weighted by Crippen LogP contribution is -2.29. The summed E-state index contributed by atoms with van der Waals surface area (Å²) in [4.78, 5) is 26.2. The highest BCUT2D eigenvalue weighted by Gasteiger charge is 2.19. The first-order valence-corrected chi connectivity index (χ1v) is 9.62. The first-order chi connectivity index (χ1) is 13.0. The first-order valence-electron chi connectivity index (χ1n) is 8.86. The Morgan fingerprint density at radius 2 is 1.59 bits per heavy atom. The van der Waals surface area contributed by atoms with E-state index in [0.717, 1.165) is 31.5 Å². The fraction of sp³-hybridized carbons (Fsp3) is 0.300. The summed E-state index contributed by atoms with van der Waals surface area (Å²) >= 11 is 11.9. The molecule has 2 aromatic carbocycles. The number of carbonyl (C=O) groups is 2. The van der Waals surface area contributed by atoms with Crippen LogP contribution in [0, 0.1) is 0 Å². The van der Waals surface area contributed by atoms with Crippen molar-refractivity contribution in [3.63, 3.8) is 0 Å². The summed E-state index contributed by atoms with van der Waals surface area (Å²) in [6.07, 6.45) is 2.15.